The number of anilines is 1. The van der Waals surface area contributed by atoms with Gasteiger partial charge in [-0.25, -0.2) is 0 Å². The summed E-state index contributed by atoms with van der Waals surface area (Å²) < 4.78 is 1.76. The molecule has 0 radical (unpaired) electrons. The Morgan fingerprint density at radius 1 is 1.29 bits per heavy atom. The molecule has 2 aromatic heterocycles. The van der Waals surface area contributed by atoms with Gasteiger partial charge in [0.2, 0.25) is 5.13 Å². The minimum atomic E-state index is 0.00500. The van der Waals surface area contributed by atoms with E-state index in [0.717, 1.165) is 18.1 Å². The van der Waals surface area contributed by atoms with Crippen molar-refractivity contribution in [3.63, 3.8) is 0 Å². The zero-order valence-corrected chi connectivity index (χ0v) is 13.8. The molecule has 0 spiro atoms. The van der Waals surface area contributed by atoms with Crippen molar-refractivity contribution < 1.29 is 0 Å². The summed E-state index contributed by atoms with van der Waals surface area (Å²) in [7, 11) is 0. The molecule has 0 fully saturated rings. The van der Waals surface area contributed by atoms with E-state index < -0.39 is 0 Å². The Morgan fingerprint density at radius 3 is 2.71 bits per heavy atom. The van der Waals surface area contributed by atoms with Crippen LogP contribution in [0.5, 0.6) is 0 Å². The number of aromatic nitrogens is 3. The van der Waals surface area contributed by atoms with Crippen molar-refractivity contribution in [2.45, 2.75) is 46.7 Å². The molecule has 0 atom stereocenters. The van der Waals surface area contributed by atoms with Gasteiger partial charge in [0.25, 0.3) is 5.56 Å². The standard InChI is InChI=1S/C15H22N4OS/c1-10(2)7-9-19-8-5-6-12(14(19)20)13-17-18-15(21-13)16-11(3)4/h5-6,8,10-11H,7,9H2,1-4H3,(H,16,18). The van der Waals surface area contributed by atoms with Crippen LogP contribution < -0.4 is 10.9 Å². The summed E-state index contributed by atoms with van der Waals surface area (Å²) in [4.78, 5) is 12.5. The van der Waals surface area contributed by atoms with Crippen LogP contribution in [0.3, 0.4) is 0 Å². The normalized spacial score (nSPS) is 11.3. The average Bonchev–Trinajstić information content (AvgIpc) is 2.84. The maximum atomic E-state index is 12.5. The number of rotatable bonds is 6. The maximum Gasteiger partial charge on any atom is 0.260 e. The second-order valence-electron chi connectivity index (χ2n) is 5.81. The maximum absolute atomic E-state index is 12.5. The van der Waals surface area contributed by atoms with Crippen LogP contribution in [0.15, 0.2) is 23.1 Å². The van der Waals surface area contributed by atoms with E-state index in [0.29, 0.717) is 22.5 Å². The molecule has 0 unspecified atom stereocenters. The summed E-state index contributed by atoms with van der Waals surface area (Å²) >= 11 is 1.41. The number of hydrogen-bond donors (Lipinski definition) is 1. The van der Waals surface area contributed by atoms with E-state index in [2.05, 4.69) is 29.4 Å². The molecule has 0 bridgehead atoms. The number of aryl methyl sites for hydroxylation is 1. The molecule has 5 nitrogen and oxygen atoms in total. The van der Waals surface area contributed by atoms with Gasteiger partial charge in [-0.1, -0.05) is 25.2 Å². The van der Waals surface area contributed by atoms with Crippen molar-refractivity contribution in [2.75, 3.05) is 5.32 Å². The smallest absolute Gasteiger partial charge is 0.260 e. The second kappa shape index (κ2) is 6.85. The summed E-state index contributed by atoms with van der Waals surface area (Å²) in [5.41, 5.74) is 0.626. The molecule has 6 heteroatoms. The monoisotopic (exact) mass is 306 g/mol. The molecule has 1 N–H and O–H groups in total. The fraction of sp³-hybridized carbons (Fsp3) is 0.533. The molecule has 0 aromatic carbocycles. The lowest BCUT2D eigenvalue weighted by Gasteiger charge is -2.08. The van der Waals surface area contributed by atoms with Crippen LogP contribution in [0.25, 0.3) is 10.6 Å². The quantitative estimate of drug-likeness (QED) is 0.890. The first kappa shape index (κ1) is 15.7. The van der Waals surface area contributed by atoms with E-state index >= 15 is 0 Å². The van der Waals surface area contributed by atoms with Gasteiger partial charge in [0.15, 0.2) is 5.01 Å². The van der Waals surface area contributed by atoms with Crippen molar-refractivity contribution in [3.05, 3.63) is 28.7 Å². The fourth-order valence-corrected chi connectivity index (χ4v) is 2.82. The van der Waals surface area contributed by atoms with E-state index in [1.165, 1.54) is 11.3 Å². The van der Waals surface area contributed by atoms with Crippen LogP contribution in [0.2, 0.25) is 0 Å². The van der Waals surface area contributed by atoms with Crippen LogP contribution in [0.4, 0.5) is 5.13 Å². The minimum Gasteiger partial charge on any atom is -0.358 e. The van der Waals surface area contributed by atoms with Crippen LogP contribution in [-0.2, 0) is 6.54 Å². The first-order valence-corrected chi connectivity index (χ1v) is 8.09. The largest absolute Gasteiger partial charge is 0.358 e. The van der Waals surface area contributed by atoms with Crippen molar-refractivity contribution in [2.24, 2.45) is 5.92 Å². The fourth-order valence-electron chi connectivity index (χ4n) is 1.91. The van der Waals surface area contributed by atoms with Gasteiger partial charge < -0.3 is 9.88 Å². The van der Waals surface area contributed by atoms with Crippen molar-refractivity contribution >= 4 is 16.5 Å². The van der Waals surface area contributed by atoms with Gasteiger partial charge in [0.1, 0.15) is 0 Å². The lowest BCUT2D eigenvalue weighted by Crippen LogP contribution is -2.21. The van der Waals surface area contributed by atoms with Gasteiger partial charge in [-0.05, 0) is 38.3 Å². The molecule has 0 aliphatic heterocycles. The zero-order valence-electron chi connectivity index (χ0n) is 13.0. The van der Waals surface area contributed by atoms with Crippen LogP contribution in [-0.4, -0.2) is 20.8 Å². The van der Waals surface area contributed by atoms with E-state index in [9.17, 15) is 4.79 Å². The van der Waals surface area contributed by atoms with Gasteiger partial charge in [0, 0.05) is 18.8 Å². The van der Waals surface area contributed by atoms with Crippen LogP contribution in [0, 0.1) is 5.92 Å². The first-order valence-electron chi connectivity index (χ1n) is 7.27. The predicted octanol–water partition coefficient (Wildman–Crippen LogP) is 3.23. The summed E-state index contributed by atoms with van der Waals surface area (Å²) in [5.74, 6) is 0.573. The molecule has 0 saturated heterocycles. The Labute approximate surface area is 129 Å². The molecule has 0 aliphatic rings. The molecular weight excluding hydrogens is 284 g/mol. The van der Waals surface area contributed by atoms with Crippen molar-refractivity contribution in [1.82, 2.24) is 14.8 Å². The Bertz CT molecular complexity index is 645. The predicted molar refractivity (Wildman–Crippen MR) is 87.8 cm³/mol. The Kier molecular flexibility index (Phi) is 5.12. The Hall–Kier alpha value is -1.69. The zero-order chi connectivity index (χ0) is 15.4. The van der Waals surface area contributed by atoms with Crippen LogP contribution >= 0.6 is 11.3 Å². The highest BCUT2D eigenvalue weighted by Crippen LogP contribution is 2.24. The lowest BCUT2D eigenvalue weighted by molar-refractivity contribution is 0.508. The number of hydrogen-bond acceptors (Lipinski definition) is 5. The van der Waals surface area contributed by atoms with E-state index in [-0.39, 0.29) is 5.56 Å². The molecule has 2 aromatic rings. The molecule has 0 saturated carbocycles. The summed E-state index contributed by atoms with van der Waals surface area (Å²) in [6, 6.07) is 4.01. The highest BCUT2D eigenvalue weighted by Gasteiger charge is 2.12. The number of pyridine rings is 1. The third-order valence-corrected chi connectivity index (χ3v) is 3.92. The first-order chi connectivity index (χ1) is 9.97. The van der Waals surface area contributed by atoms with E-state index in [1.54, 1.807) is 4.57 Å². The Morgan fingerprint density at radius 2 is 2.05 bits per heavy atom. The molecule has 2 rings (SSSR count). The summed E-state index contributed by atoms with van der Waals surface area (Å²) in [5, 5.41) is 12.8. The lowest BCUT2D eigenvalue weighted by atomic mass is 10.1. The summed E-state index contributed by atoms with van der Waals surface area (Å²) in [6.45, 7) is 9.14. The number of nitrogens with one attached hydrogen (secondary N) is 1. The minimum absolute atomic E-state index is 0.00500. The number of nitrogens with zero attached hydrogens (tertiary/aromatic N) is 3. The van der Waals surface area contributed by atoms with Crippen LogP contribution in [0.1, 0.15) is 34.1 Å². The molecule has 0 aliphatic carbocycles. The molecule has 21 heavy (non-hydrogen) atoms. The summed E-state index contributed by atoms with van der Waals surface area (Å²) in [6.07, 6.45) is 2.82. The SMILES string of the molecule is CC(C)CCn1cccc(-c2nnc(NC(C)C)s2)c1=O. The van der Waals surface area contributed by atoms with Gasteiger partial charge in [-0.15, -0.1) is 10.2 Å². The average molecular weight is 306 g/mol. The van der Waals surface area contributed by atoms with Gasteiger partial charge in [0.05, 0.1) is 5.56 Å². The van der Waals surface area contributed by atoms with Gasteiger partial charge >= 0.3 is 0 Å². The molecular formula is C15H22N4OS. The van der Waals surface area contributed by atoms with Crippen molar-refractivity contribution in [1.29, 1.82) is 0 Å². The van der Waals surface area contributed by atoms with E-state index in [1.807, 2.05) is 32.2 Å². The highest BCUT2D eigenvalue weighted by atomic mass is 32.1. The topological polar surface area (TPSA) is 59.8 Å². The van der Waals surface area contributed by atoms with Gasteiger partial charge in [-0.3, -0.25) is 4.79 Å². The third kappa shape index (κ3) is 4.14. The Balaban J connectivity index is 2.25. The molecule has 2 heterocycles. The third-order valence-electron chi connectivity index (χ3n) is 3.04. The highest BCUT2D eigenvalue weighted by molar-refractivity contribution is 7.18. The second-order valence-corrected chi connectivity index (χ2v) is 6.79. The van der Waals surface area contributed by atoms with Crippen molar-refractivity contribution in [3.8, 4) is 10.6 Å². The van der Waals surface area contributed by atoms with E-state index in [4.69, 9.17) is 0 Å². The molecule has 0 amide bonds. The molecule has 114 valence electrons. The van der Waals surface area contributed by atoms with Gasteiger partial charge in [-0.2, -0.15) is 0 Å².